The average Bonchev–Trinajstić information content (AvgIpc) is 2.66. The largest absolute Gasteiger partial charge is 0.391 e. The Hall–Kier alpha value is -1.55. The molecular weight excluding hydrogens is 264 g/mol. The molecule has 21 heavy (non-hydrogen) atoms. The van der Waals surface area contributed by atoms with E-state index in [1.807, 2.05) is 32.0 Å². The summed E-state index contributed by atoms with van der Waals surface area (Å²) in [4.78, 5) is 12.6. The lowest BCUT2D eigenvalue weighted by molar-refractivity contribution is 0.0819. The van der Waals surface area contributed by atoms with Crippen molar-refractivity contribution in [2.45, 2.75) is 58.1 Å². The van der Waals surface area contributed by atoms with Crippen LogP contribution in [0.1, 0.15) is 54.9 Å². The van der Waals surface area contributed by atoms with Gasteiger partial charge in [-0.3, -0.25) is 4.79 Å². The lowest BCUT2D eigenvalue weighted by Gasteiger charge is -2.22. The summed E-state index contributed by atoms with van der Waals surface area (Å²) < 4.78 is 0. The first-order valence-electron chi connectivity index (χ1n) is 7.95. The molecule has 1 saturated carbocycles. The molecular formula is C17H26N2O2. The Morgan fingerprint density at radius 1 is 1.29 bits per heavy atom. The molecule has 2 unspecified atom stereocenters. The van der Waals surface area contributed by atoms with Gasteiger partial charge in [-0.1, -0.05) is 30.9 Å². The van der Waals surface area contributed by atoms with Gasteiger partial charge < -0.3 is 15.7 Å². The molecule has 1 aromatic carbocycles. The second kappa shape index (κ2) is 7.46. The number of aryl methyl sites for hydroxylation is 1. The monoisotopic (exact) mass is 290 g/mol. The SMILES string of the molecule is CCNc1ccc(C)cc1C(=O)NC1CCCCCC1O. The Labute approximate surface area is 126 Å². The third-order valence-electron chi connectivity index (χ3n) is 4.08. The van der Waals surface area contributed by atoms with Crippen LogP contribution in [0.3, 0.4) is 0 Å². The fourth-order valence-corrected chi connectivity index (χ4v) is 2.89. The molecule has 0 heterocycles. The number of aliphatic hydroxyl groups is 1. The van der Waals surface area contributed by atoms with Gasteiger partial charge in [0.25, 0.3) is 5.91 Å². The van der Waals surface area contributed by atoms with E-state index in [9.17, 15) is 9.90 Å². The van der Waals surface area contributed by atoms with Gasteiger partial charge in [-0.15, -0.1) is 0 Å². The summed E-state index contributed by atoms with van der Waals surface area (Å²) in [7, 11) is 0. The van der Waals surface area contributed by atoms with Crippen LogP contribution in [0.15, 0.2) is 18.2 Å². The zero-order valence-corrected chi connectivity index (χ0v) is 13.0. The minimum atomic E-state index is -0.427. The number of benzene rings is 1. The number of amides is 1. The molecule has 1 aliphatic rings. The summed E-state index contributed by atoms with van der Waals surface area (Å²) in [5.41, 5.74) is 2.57. The molecule has 3 N–H and O–H groups in total. The second-order valence-electron chi connectivity index (χ2n) is 5.86. The summed E-state index contributed by atoms with van der Waals surface area (Å²) in [6, 6.07) is 5.71. The normalized spacial score (nSPS) is 22.4. The lowest BCUT2D eigenvalue weighted by Crippen LogP contribution is -2.42. The van der Waals surface area contributed by atoms with E-state index in [1.54, 1.807) is 0 Å². The van der Waals surface area contributed by atoms with Crippen LogP contribution in [0.25, 0.3) is 0 Å². The van der Waals surface area contributed by atoms with E-state index < -0.39 is 6.10 Å². The highest BCUT2D eigenvalue weighted by Crippen LogP contribution is 2.21. The molecule has 0 radical (unpaired) electrons. The average molecular weight is 290 g/mol. The molecule has 1 fully saturated rings. The van der Waals surface area contributed by atoms with Crippen molar-refractivity contribution in [2.75, 3.05) is 11.9 Å². The third kappa shape index (κ3) is 4.21. The van der Waals surface area contributed by atoms with Gasteiger partial charge in [0.2, 0.25) is 0 Å². The highest BCUT2D eigenvalue weighted by Gasteiger charge is 2.24. The van der Waals surface area contributed by atoms with Crippen molar-refractivity contribution in [2.24, 2.45) is 0 Å². The Bertz CT molecular complexity index is 488. The van der Waals surface area contributed by atoms with Gasteiger partial charge in [0, 0.05) is 12.2 Å². The predicted octanol–water partition coefficient (Wildman–Crippen LogP) is 2.85. The fourth-order valence-electron chi connectivity index (χ4n) is 2.89. The van der Waals surface area contributed by atoms with Crippen LogP contribution >= 0.6 is 0 Å². The lowest BCUT2D eigenvalue weighted by atomic mass is 10.0. The van der Waals surface area contributed by atoms with Gasteiger partial charge >= 0.3 is 0 Å². The molecule has 116 valence electrons. The van der Waals surface area contributed by atoms with E-state index in [0.717, 1.165) is 49.9 Å². The van der Waals surface area contributed by atoms with Crippen LogP contribution in [0.2, 0.25) is 0 Å². The summed E-state index contributed by atoms with van der Waals surface area (Å²) >= 11 is 0. The summed E-state index contributed by atoms with van der Waals surface area (Å²) in [6.45, 7) is 4.76. The maximum Gasteiger partial charge on any atom is 0.253 e. The molecule has 1 aliphatic carbocycles. The quantitative estimate of drug-likeness (QED) is 0.747. The van der Waals surface area contributed by atoms with Crippen molar-refractivity contribution in [1.82, 2.24) is 5.32 Å². The number of rotatable bonds is 4. The Kier molecular flexibility index (Phi) is 5.62. The maximum atomic E-state index is 12.6. The van der Waals surface area contributed by atoms with Crippen molar-refractivity contribution in [3.8, 4) is 0 Å². The van der Waals surface area contributed by atoms with Crippen LogP contribution in [0.5, 0.6) is 0 Å². The van der Waals surface area contributed by atoms with Crippen LogP contribution in [-0.2, 0) is 0 Å². The van der Waals surface area contributed by atoms with E-state index >= 15 is 0 Å². The Balaban J connectivity index is 2.13. The zero-order valence-electron chi connectivity index (χ0n) is 13.0. The Morgan fingerprint density at radius 2 is 2.05 bits per heavy atom. The minimum Gasteiger partial charge on any atom is -0.391 e. The van der Waals surface area contributed by atoms with E-state index in [0.29, 0.717) is 5.56 Å². The standard InChI is InChI=1S/C17H26N2O2/c1-3-18-14-10-9-12(2)11-13(14)17(21)19-15-7-5-4-6-8-16(15)20/h9-11,15-16,18,20H,3-8H2,1-2H3,(H,19,21). The van der Waals surface area contributed by atoms with Gasteiger partial charge in [-0.2, -0.15) is 0 Å². The predicted molar refractivity (Wildman–Crippen MR) is 85.7 cm³/mol. The zero-order chi connectivity index (χ0) is 15.2. The minimum absolute atomic E-state index is 0.0967. The van der Waals surface area contributed by atoms with Gasteiger partial charge in [-0.25, -0.2) is 0 Å². The highest BCUT2D eigenvalue weighted by molar-refractivity contribution is 6.00. The van der Waals surface area contributed by atoms with Gasteiger partial charge in [0.1, 0.15) is 0 Å². The van der Waals surface area contributed by atoms with Crippen LogP contribution in [-0.4, -0.2) is 29.7 Å². The number of nitrogens with one attached hydrogen (secondary N) is 2. The first-order chi connectivity index (χ1) is 10.1. The van der Waals surface area contributed by atoms with E-state index in [1.165, 1.54) is 0 Å². The molecule has 0 saturated heterocycles. The van der Waals surface area contributed by atoms with Crippen molar-refractivity contribution >= 4 is 11.6 Å². The van der Waals surface area contributed by atoms with Gasteiger partial charge in [0.05, 0.1) is 17.7 Å². The number of anilines is 1. The second-order valence-corrected chi connectivity index (χ2v) is 5.86. The summed E-state index contributed by atoms with van der Waals surface area (Å²) in [6.07, 6.45) is 4.45. The molecule has 1 amide bonds. The van der Waals surface area contributed by atoms with E-state index in [4.69, 9.17) is 0 Å². The molecule has 2 rings (SSSR count). The van der Waals surface area contributed by atoms with E-state index in [2.05, 4.69) is 10.6 Å². The van der Waals surface area contributed by atoms with Crippen LogP contribution < -0.4 is 10.6 Å². The topological polar surface area (TPSA) is 61.4 Å². The number of hydrogen-bond acceptors (Lipinski definition) is 3. The molecule has 0 aliphatic heterocycles. The smallest absolute Gasteiger partial charge is 0.253 e. The summed E-state index contributed by atoms with van der Waals surface area (Å²) in [5, 5.41) is 16.4. The van der Waals surface area contributed by atoms with Crippen molar-refractivity contribution in [3.05, 3.63) is 29.3 Å². The first kappa shape index (κ1) is 15.8. The fraction of sp³-hybridized carbons (Fsp3) is 0.588. The van der Waals surface area contributed by atoms with Crippen molar-refractivity contribution < 1.29 is 9.90 Å². The maximum absolute atomic E-state index is 12.6. The third-order valence-corrected chi connectivity index (χ3v) is 4.08. The molecule has 4 nitrogen and oxygen atoms in total. The van der Waals surface area contributed by atoms with Crippen LogP contribution in [0, 0.1) is 6.92 Å². The highest BCUT2D eigenvalue weighted by atomic mass is 16.3. The van der Waals surface area contributed by atoms with Crippen LogP contribution in [0.4, 0.5) is 5.69 Å². The number of carbonyl (C=O) groups excluding carboxylic acids is 1. The van der Waals surface area contributed by atoms with Crippen molar-refractivity contribution in [1.29, 1.82) is 0 Å². The first-order valence-corrected chi connectivity index (χ1v) is 7.95. The molecule has 0 aromatic heterocycles. The van der Waals surface area contributed by atoms with Crippen molar-refractivity contribution in [3.63, 3.8) is 0 Å². The number of carbonyl (C=O) groups is 1. The number of aliphatic hydroxyl groups excluding tert-OH is 1. The molecule has 1 aromatic rings. The molecule has 0 spiro atoms. The molecule has 0 bridgehead atoms. The molecule has 2 atom stereocenters. The Morgan fingerprint density at radius 3 is 2.81 bits per heavy atom. The number of hydrogen-bond donors (Lipinski definition) is 3. The van der Waals surface area contributed by atoms with E-state index in [-0.39, 0.29) is 11.9 Å². The summed E-state index contributed by atoms with van der Waals surface area (Å²) in [5.74, 6) is -0.0967. The van der Waals surface area contributed by atoms with Gasteiger partial charge in [0.15, 0.2) is 0 Å². The van der Waals surface area contributed by atoms with Gasteiger partial charge in [-0.05, 0) is 38.8 Å². The molecule has 4 heteroatoms.